The molecule has 1 aliphatic carbocycles. The monoisotopic (exact) mass is 227 g/mol. The van der Waals surface area contributed by atoms with Gasteiger partial charge in [-0.3, -0.25) is 0 Å². The van der Waals surface area contributed by atoms with Crippen molar-refractivity contribution in [1.82, 2.24) is 4.98 Å². The molecule has 3 heteroatoms. The van der Waals surface area contributed by atoms with E-state index in [4.69, 9.17) is 16.0 Å². The highest BCUT2D eigenvalue weighted by Gasteiger charge is 2.33. The molecule has 2 nitrogen and oxygen atoms in total. The number of oxazole rings is 1. The first kappa shape index (κ1) is 11.0. The molecule has 0 aliphatic heterocycles. The summed E-state index contributed by atoms with van der Waals surface area (Å²) >= 11 is 5.81. The molecule has 0 saturated heterocycles. The molecular weight excluding hydrogens is 210 g/mol. The van der Waals surface area contributed by atoms with Crippen LogP contribution in [-0.2, 0) is 11.3 Å². The summed E-state index contributed by atoms with van der Waals surface area (Å²) in [6.45, 7) is 4.20. The van der Waals surface area contributed by atoms with Crippen molar-refractivity contribution in [3.05, 3.63) is 17.3 Å². The zero-order valence-electron chi connectivity index (χ0n) is 9.48. The molecular formula is C12H18ClNO. The fourth-order valence-electron chi connectivity index (χ4n) is 2.36. The summed E-state index contributed by atoms with van der Waals surface area (Å²) in [6, 6.07) is 0. The van der Waals surface area contributed by atoms with Crippen molar-refractivity contribution in [3.8, 4) is 0 Å². The lowest BCUT2D eigenvalue weighted by molar-refractivity contribution is 0.254. The van der Waals surface area contributed by atoms with Gasteiger partial charge in [0.05, 0.1) is 11.6 Å². The van der Waals surface area contributed by atoms with Gasteiger partial charge in [0.2, 0.25) is 5.89 Å². The summed E-state index contributed by atoms with van der Waals surface area (Å²) in [6.07, 6.45) is 6.29. The Morgan fingerprint density at radius 2 is 2.00 bits per heavy atom. The molecule has 1 aliphatic rings. The van der Waals surface area contributed by atoms with E-state index in [9.17, 15) is 0 Å². The second-order valence-electron chi connectivity index (χ2n) is 4.78. The van der Waals surface area contributed by atoms with Gasteiger partial charge in [0.1, 0.15) is 5.76 Å². The summed E-state index contributed by atoms with van der Waals surface area (Å²) < 4.78 is 5.75. The van der Waals surface area contributed by atoms with Gasteiger partial charge in [0.25, 0.3) is 0 Å². The summed E-state index contributed by atoms with van der Waals surface area (Å²) in [5.41, 5.74) is 1.05. The molecule has 15 heavy (non-hydrogen) atoms. The first-order valence-electron chi connectivity index (χ1n) is 5.68. The van der Waals surface area contributed by atoms with Crippen LogP contribution in [0, 0.1) is 6.92 Å². The fraction of sp³-hybridized carbons (Fsp3) is 0.750. The van der Waals surface area contributed by atoms with Gasteiger partial charge < -0.3 is 4.42 Å². The third-order valence-electron chi connectivity index (χ3n) is 3.49. The number of aryl methyl sites for hydroxylation is 1. The Kier molecular flexibility index (Phi) is 3.06. The van der Waals surface area contributed by atoms with Crippen LogP contribution in [0.3, 0.4) is 0 Å². The smallest absolute Gasteiger partial charge is 0.200 e. The molecule has 1 aromatic heterocycles. The van der Waals surface area contributed by atoms with Gasteiger partial charge in [-0.25, -0.2) is 4.98 Å². The molecule has 0 unspecified atom stereocenters. The van der Waals surface area contributed by atoms with Crippen molar-refractivity contribution in [2.75, 3.05) is 0 Å². The SMILES string of the molecule is Cc1oc(C2(C)CCCCC2)nc1CCl. The van der Waals surface area contributed by atoms with Gasteiger partial charge in [0.15, 0.2) is 0 Å². The third kappa shape index (κ3) is 2.05. The van der Waals surface area contributed by atoms with Crippen molar-refractivity contribution < 1.29 is 4.42 Å². The topological polar surface area (TPSA) is 26.0 Å². The maximum atomic E-state index is 5.81. The molecule has 0 aromatic carbocycles. The minimum atomic E-state index is 0.146. The van der Waals surface area contributed by atoms with Crippen LogP contribution < -0.4 is 0 Å². The zero-order valence-corrected chi connectivity index (χ0v) is 10.2. The van der Waals surface area contributed by atoms with E-state index in [0.717, 1.165) is 17.3 Å². The number of nitrogens with zero attached hydrogens (tertiary/aromatic N) is 1. The van der Waals surface area contributed by atoms with Crippen LogP contribution in [0.15, 0.2) is 4.42 Å². The Bertz CT molecular complexity index is 339. The van der Waals surface area contributed by atoms with Crippen LogP contribution in [0.2, 0.25) is 0 Å². The van der Waals surface area contributed by atoms with Gasteiger partial charge in [-0.15, -0.1) is 11.6 Å². The average molecular weight is 228 g/mol. The van der Waals surface area contributed by atoms with Crippen molar-refractivity contribution in [2.24, 2.45) is 0 Å². The second-order valence-corrected chi connectivity index (χ2v) is 5.04. The third-order valence-corrected chi connectivity index (χ3v) is 3.75. The average Bonchev–Trinajstić information content (AvgIpc) is 2.61. The Morgan fingerprint density at radius 3 is 2.53 bits per heavy atom. The molecule has 1 fully saturated rings. The standard InChI is InChI=1S/C12H18ClNO/c1-9-10(8-13)14-11(15-9)12(2)6-4-3-5-7-12/h3-8H2,1-2H3. The minimum absolute atomic E-state index is 0.146. The first-order chi connectivity index (χ1) is 7.15. The summed E-state index contributed by atoms with van der Waals surface area (Å²) in [4.78, 5) is 4.53. The van der Waals surface area contributed by atoms with E-state index in [0.29, 0.717) is 5.88 Å². The number of aromatic nitrogens is 1. The number of hydrogen-bond acceptors (Lipinski definition) is 2. The van der Waals surface area contributed by atoms with E-state index < -0.39 is 0 Å². The van der Waals surface area contributed by atoms with Gasteiger partial charge in [0, 0.05) is 5.41 Å². The highest BCUT2D eigenvalue weighted by Crippen LogP contribution is 2.39. The predicted molar refractivity (Wildman–Crippen MR) is 61.2 cm³/mol. The maximum absolute atomic E-state index is 5.81. The molecule has 84 valence electrons. The maximum Gasteiger partial charge on any atom is 0.200 e. The van der Waals surface area contributed by atoms with Gasteiger partial charge in [-0.1, -0.05) is 26.2 Å². The molecule has 1 saturated carbocycles. The fourth-order valence-corrected chi connectivity index (χ4v) is 2.60. The normalized spacial score (nSPS) is 20.5. The Balaban J connectivity index is 2.27. The van der Waals surface area contributed by atoms with Gasteiger partial charge >= 0.3 is 0 Å². The van der Waals surface area contributed by atoms with Crippen LogP contribution in [0.5, 0.6) is 0 Å². The van der Waals surface area contributed by atoms with E-state index in [-0.39, 0.29) is 5.41 Å². The largest absolute Gasteiger partial charge is 0.445 e. The first-order valence-corrected chi connectivity index (χ1v) is 6.22. The Labute approximate surface area is 96.0 Å². The molecule has 0 atom stereocenters. The van der Waals surface area contributed by atoms with Crippen molar-refractivity contribution in [1.29, 1.82) is 0 Å². The molecule has 0 spiro atoms. The van der Waals surface area contributed by atoms with E-state index in [1.54, 1.807) is 0 Å². The van der Waals surface area contributed by atoms with Crippen molar-refractivity contribution in [2.45, 2.75) is 57.2 Å². The van der Waals surface area contributed by atoms with Crippen LogP contribution in [0.25, 0.3) is 0 Å². The lowest BCUT2D eigenvalue weighted by Gasteiger charge is -2.30. The molecule has 1 aromatic rings. The lowest BCUT2D eigenvalue weighted by Crippen LogP contribution is -2.25. The van der Waals surface area contributed by atoms with E-state index >= 15 is 0 Å². The number of rotatable bonds is 2. The number of halogens is 1. The molecule has 0 radical (unpaired) electrons. The summed E-state index contributed by atoms with van der Waals surface area (Å²) in [5, 5.41) is 0. The molecule has 0 N–H and O–H groups in total. The quantitative estimate of drug-likeness (QED) is 0.716. The van der Waals surface area contributed by atoms with Crippen LogP contribution in [0.1, 0.15) is 56.4 Å². The minimum Gasteiger partial charge on any atom is -0.445 e. The zero-order chi connectivity index (χ0) is 10.9. The number of hydrogen-bond donors (Lipinski definition) is 0. The van der Waals surface area contributed by atoms with Crippen molar-refractivity contribution >= 4 is 11.6 Å². The molecule has 0 amide bonds. The molecule has 1 heterocycles. The highest BCUT2D eigenvalue weighted by molar-refractivity contribution is 6.16. The Hall–Kier alpha value is -0.500. The lowest BCUT2D eigenvalue weighted by atomic mass is 9.76. The van der Waals surface area contributed by atoms with Gasteiger partial charge in [-0.2, -0.15) is 0 Å². The summed E-state index contributed by atoms with van der Waals surface area (Å²) in [7, 11) is 0. The van der Waals surface area contributed by atoms with E-state index in [2.05, 4.69) is 11.9 Å². The number of alkyl halides is 1. The van der Waals surface area contributed by atoms with Gasteiger partial charge in [-0.05, 0) is 19.8 Å². The molecule has 0 bridgehead atoms. The predicted octanol–water partition coefficient (Wildman–Crippen LogP) is 3.94. The van der Waals surface area contributed by atoms with E-state index in [1.165, 1.54) is 32.1 Å². The van der Waals surface area contributed by atoms with E-state index in [1.807, 2.05) is 6.92 Å². The second kappa shape index (κ2) is 4.17. The van der Waals surface area contributed by atoms with Crippen LogP contribution in [0.4, 0.5) is 0 Å². The Morgan fingerprint density at radius 1 is 1.33 bits per heavy atom. The summed E-state index contributed by atoms with van der Waals surface area (Å²) in [5.74, 6) is 2.23. The molecule has 2 rings (SSSR count). The van der Waals surface area contributed by atoms with Crippen LogP contribution >= 0.6 is 11.6 Å². The highest BCUT2D eigenvalue weighted by atomic mass is 35.5. The van der Waals surface area contributed by atoms with Crippen molar-refractivity contribution in [3.63, 3.8) is 0 Å². The van der Waals surface area contributed by atoms with Crippen LogP contribution in [-0.4, -0.2) is 4.98 Å².